The molecule has 0 saturated carbocycles. The van der Waals surface area contributed by atoms with Crippen LogP contribution < -0.4 is 5.73 Å². The van der Waals surface area contributed by atoms with Crippen LogP contribution in [-0.2, 0) is 19.1 Å². The maximum absolute atomic E-state index is 11.6. The molecule has 0 spiro atoms. The van der Waals surface area contributed by atoms with Gasteiger partial charge in [0, 0.05) is 0 Å². The summed E-state index contributed by atoms with van der Waals surface area (Å²) >= 11 is 0. The molecule has 0 bridgehead atoms. The fraction of sp³-hybridized carbons (Fsp3) is 0.857. The van der Waals surface area contributed by atoms with E-state index >= 15 is 0 Å². The number of likely N-dealkylation sites (N-methyl/N-ethyl adjacent to an activating group) is 2. The monoisotopic (exact) mass is 305 g/mol. The smallest absolute Gasteiger partial charge is 0.323 e. The van der Waals surface area contributed by atoms with Gasteiger partial charge in [0.05, 0.1) is 48.7 Å². The minimum Gasteiger partial charge on any atom is -0.460 e. The highest BCUT2D eigenvalue weighted by molar-refractivity contribution is 5.82. The van der Waals surface area contributed by atoms with Crippen LogP contribution in [-0.4, -0.2) is 95.5 Å². The van der Waals surface area contributed by atoms with E-state index in [9.17, 15) is 9.59 Å². The van der Waals surface area contributed by atoms with Gasteiger partial charge in [-0.3, -0.25) is 9.59 Å². The highest BCUT2D eigenvalue weighted by Crippen LogP contribution is 1.98. The Labute approximate surface area is 127 Å². The molecule has 0 aliphatic carbocycles. The summed E-state index contributed by atoms with van der Waals surface area (Å²) in [7, 11) is 12.0. The second-order valence-corrected chi connectivity index (χ2v) is 7.23. The van der Waals surface area contributed by atoms with E-state index in [0.717, 1.165) is 0 Å². The lowest BCUT2D eigenvalue weighted by molar-refractivity contribution is -0.870. The molecular weight excluding hydrogens is 274 g/mol. The second kappa shape index (κ2) is 8.31. The summed E-state index contributed by atoms with van der Waals surface area (Å²) in [5, 5.41) is 0. The molecule has 0 fully saturated rings. The maximum atomic E-state index is 11.6. The zero-order valence-electron chi connectivity index (χ0n) is 14.2. The number of carbonyl (C=O) groups excluding carboxylic acids is 2. The molecule has 0 aromatic heterocycles. The van der Waals surface area contributed by atoms with Gasteiger partial charge in [0.2, 0.25) is 0 Å². The largest absolute Gasteiger partial charge is 0.460 e. The molecule has 0 radical (unpaired) electrons. The zero-order chi connectivity index (χ0) is 16.7. The van der Waals surface area contributed by atoms with Crippen LogP contribution in [0.5, 0.6) is 0 Å². The SMILES string of the molecule is C[N+](C)(C)CCOC(=O)C[C@H](N)C(=O)OCC[N+](C)(C)C. The number of hydrogen-bond acceptors (Lipinski definition) is 5. The lowest BCUT2D eigenvalue weighted by Gasteiger charge is -2.24. The number of ether oxygens (including phenoxy) is 2. The van der Waals surface area contributed by atoms with E-state index in [1.54, 1.807) is 0 Å². The fourth-order valence-corrected chi connectivity index (χ4v) is 1.28. The van der Waals surface area contributed by atoms with Crippen LogP contribution in [0.25, 0.3) is 0 Å². The van der Waals surface area contributed by atoms with Crippen molar-refractivity contribution in [3.63, 3.8) is 0 Å². The van der Waals surface area contributed by atoms with Gasteiger partial charge in [0.25, 0.3) is 0 Å². The van der Waals surface area contributed by atoms with Gasteiger partial charge in [0.1, 0.15) is 32.3 Å². The predicted octanol–water partition coefficient (Wildman–Crippen LogP) is -0.797. The summed E-state index contributed by atoms with van der Waals surface area (Å²) in [6.45, 7) is 1.99. The lowest BCUT2D eigenvalue weighted by atomic mass is 10.2. The third kappa shape index (κ3) is 12.3. The number of hydrogen-bond donors (Lipinski definition) is 1. The Morgan fingerprint density at radius 3 is 1.76 bits per heavy atom. The van der Waals surface area contributed by atoms with Crippen molar-refractivity contribution in [3.05, 3.63) is 0 Å². The molecular formula is C14H31N3O4+2. The summed E-state index contributed by atoms with van der Waals surface area (Å²) in [6, 6.07) is -0.964. The van der Waals surface area contributed by atoms with E-state index in [1.165, 1.54) is 0 Å². The quantitative estimate of drug-likeness (QED) is 0.446. The molecule has 0 rings (SSSR count). The van der Waals surface area contributed by atoms with Crippen LogP contribution in [0.4, 0.5) is 0 Å². The average molecular weight is 305 g/mol. The van der Waals surface area contributed by atoms with E-state index in [1.807, 2.05) is 42.3 Å². The van der Waals surface area contributed by atoms with E-state index in [-0.39, 0.29) is 13.0 Å². The molecule has 124 valence electrons. The van der Waals surface area contributed by atoms with Crippen LogP contribution in [0.3, 0.4) is 0 Å². The van der Waals surface area contributed by atoms with Crippen molar-refractivity contribution in [2.24, 2.45) is 5.73 Å². The van der Waals surface area contributed by atoms with Crippen molar-refractivity contribution in [1.82, 2.24) is 0 Å². The topological polar surface area (TPSA) is 78.6 Å². The number of carbonyl (C=O) groups is 2. The molecule has 7 nitrogen and oxygen atoms in total. The Bertz CT molecular complexity index is 345. The summed E-state index contributed by atoms with van der Waals surface area (Å²) < 4.78 is 11.5. The molecule has 0 aliphatic rings. The van der Waals surface area contributed by atoms with Gasteiger partial charge in [-0.1, -0.05) is 0 Å². The maximum Gasteiger partial charge on any atom is 0.323 e. The lowest BCUT2D eigenvalue weighted by Crippen LogP contribution is -2.41. The number of rotatable bonds is 9. The van der Waals surface area contributed by atoms with Gasteiger partial charge in [-0.2, -0.15) is 0 Å². The molecule has 7 heteroatoms. The van der Waals surface area contributed by atoms with Crippen LogP contribution in [0.15, 0.2) is 0 Å². The molecule has 2 N–H and O–H groups in total. The third-order valence-electron chi connectivity index (χ3n) is 2.72. The molecule has 0 heterocycles. The van der Waals surface area contributed by atoms with E-state index in [4.69, 9.17) is 15.2 Å². The molecule has 1 atom stereocenters. The Balaban J connectivity index is 3.93. The molecule has 0 saturated heterocycles. The number of esters is 2. The summed E-state index contributed by atoms with van der Waals surface area (Å²) in [5.41, 5.74) is 5.64. The van der Waals surface area contributed by atoms with Gasteiger partial charge >= 0.3 is 11.9 Å². The molecule has 0 aromatic carbocycles. The second-order valence-electron chi connectivity index (χ2n) is 7.23. The minimum absolute atomic E-state index is 0.152. The molecule has 0 unspecified atom stereocenters. The standard InChI is InChI=1S/C14H31N3O4/c1-16(2,3)7-9-20-13(18)11-12(15)14(19)21-10-8-17(4,5)6/h12H,7-11,15H2,1-6H3/q+2/t12-/m0/s1. The Morgan fingerprint density at radius 2 is 1.33 bits per heavy atom. The van der Waals surface area contributed by atoms with Crippen molar-refractivity contribution in [2.45, 2.75) is 12.5 Å². The first-order chi connectivity index (χ1) is 9.41. The fourth-order valence-electron chi connectivity index (χ4n) is 1.28. The van der Waals surface area contributed by atoms with Gasteiger partial charge < -0.3 is 24.2 Å². The van der Waals surface area contributed by atoms with Crippen LogP contribution in [0.2, 0.25) is 0 Å². The summed E-state index contributed by atoms with van der Waals surface area (Å²) in [5.74, 6) is -1.04. The molecule has 0 amide bonds. The zero-order valence-corrected chi connectivity index (χ0v) is 14.2. The van der Waals surface area contributed by atoms with Gasteiger partial charge in [-0.05, 0) is 0 Å². The van der Waals surface area contributed by atoms with Crippen molar-refractivity contribution in [3.8, 4) is 0 Å². The van der Waals surface area contributed by atoms with Crippen molar-refractivity contribution < 1.29 is 28.0 Å². The van der Waals surface area contributed by atoms with Crippen molar-refractivity contribution in [1.29, 1.82) is 0 Å². The predicted molar refractivity (Wildman–Crippen MR) is 80.3 cm³/mol. The Hall–Kier alpha value is -1.18. The first-order valence-electron chi connectivity index (χ1n) is 7.09. The number of nitrogens with zero attached hydrogens (tertiary/aromatic N) is 2. The normalized spacial score (nSPS) is 13.7. The first kappa shape index (κ1) is 19.8. The van der Waals surface area contributed by atoms with Crippen LogP contribution >= 0.6 is 0 Å². The van der Waals surface area contributed by atoms with Gasteiger partial charge in [-0.15, -0.1) is 0 Å². The summed E-state index contributed by atoms with van der Waals surface area (Å²) in [4.78, 5) is 23.2. The molecule has 0 aliphatic heterocycles. The van der Waals surface area contributed by atoms with Crippen LogP contribution in [0, 0.1) is 0 Å². The van der Waals surface area contributed by atoms with E-state index < -0.39 is 18.0 Å². The van der Waals surface area contributed by atoms with Crippen molar-refractivity contribution in [2.75, 3.05) is 68.6 Å². The van der Waals surface area contributed by atoms with Crippen LogP contribution in [0.1, 0.15) is 6.42 Å². The molecule has 0 aromatic rings. The van der Waals surface area contributed by atoms with Gasteiger partial charge in [-0.25, -0.2) is 0 Å². The number of nitrogens with two attached hydrogens (primary N) is 1. The van der Waals surface area contributed by atoms with Gasteiger partial charge in [0.15, 0.2) is 0 Å². The third-order valence-corrected chi connectivity index (χ3v) is 2.72. The van der Waals surface area contributed by atoms with E-state index in [2.05, 4.69) is 0 Å². The number of quaternary nitrogens is 2. The first-order valence-corrected chi connectivity index (χ1v) is 7.09. The van der Waals surface area contributed by atoms with E-state index in [0.29, 0.717) is 28.7 Å². The highest BCUT2D eigenvalue weighted by atomic mass is 16.5. The highest BCUT2D eigenvalue weighted by Gasteiger charge is 2.21. The Kier molecular flexibility index (Phi) is 7.84. The Morgan fingerprint density at radius 1 is 0.905 bits per heavy atom. The van der Waals surface area contributed by atoms with Crippen molar-refractivity contribution >= 4 is 11.9 Å². The molecule has 21 heavy (non-hydrogen) atoms. The average Bonchev–Trinajstić information content (AvgIpc) is 2.24. The minimum atomic E-state index is -0.964. The summed E-state index contributed by atoms with van der Waals surface area (Å²) in [6.07, 6.45) is -0.152.